The molecule has 0 saturated carbocycles. The molecule has 1 aromatic heterocycles. The quantitative estimate of drug-likeness (QED) is 0.925. The molecule has 0 spiro atoms. The van der Waals surface area contributed by atoms with E-state index in [1.54, 1.807) is 0 Å². The van der Waals surface area contributed by atoms with E-state index in [0.29, 0.717) is 12.3 Å². The van der Waals surface area contributed by atoms with Gasteiger partial charge in [-0.3, -0.25) is 4.79 Å². The van der Waals surface area contributed by atoms with Crippen LogP contribution in [0, 0.1) is 12.8 Å². The third-order valence-electron chi connectivity index (χ3n) is 4.47. The number of aromatic nitrogens is 3. The fourth-order valence-corrected chi connectivity index (χ4v) is 3.17. The zero-order valence-corrected chi connectivity index (χ0v) is 14.8. The van der Waals surface area contributed by atoms with Crippen LogP contribution in [-0.2, 0) is 17.8 Å². The first-order valence-corrected chi connectivity index (χ1v) is 8.87. The van der Waals surface area contributed by atoms with Gasteiger partial charge in [-0.1, -0.05) is 32.4 Å². The molecule has 2 aromatic rings. The summed E-state index contributed by atoms with van der Waals surface area (Å²) < 4.78 is 2.23. The van der Waals surface area contributed by atoms with Gasteiger partial charge in [0, 0.05) is 30.6 Å². The van der Waals surface area contributed by atoms with Gasteiger partial charge in [0.1, 0.15) is 5.82 Å². The molecule has 0 radical (unpaired) electrons. The van der Waals surface area contributed by atoms with E-state index < -0.39 is 0 Å². The Hall–Kier alpha value is -2.17. The zero-order chi connectivity index (χ0) is 17.1. The van der Waals surface area contributed by atoms with E-state index in [2.05, 4.69) is 26.1 Å². The van der Waals surface area contributed by atoms with Crippen molar-refractivity contribution >= 4 is 11.6 Å². The van der Waals surface area contributed by atoms with Crippen LogP contribution in [-0.4, -0.2) is 20.7 Å². The molecule has 0 saturated heterocycles. The Bertz CT molecular complexity index is 733. The lowest BCUT2D eigenvalue weighted by Crippen LogP contribution is -2.14. The topological polar surface area (TPSA) is 59.8 Å². The van der Waals surface area contributed by atoms with Gasteiger partial charge < -0.3 is 9.88 Å². The summed E-state index contributed by atoms with van der Waals surface area (Å²) in [5.41, 5.74) is 2.94. The van der Waals surface area contributed by atoms with E-state index in [9.17, 15) is 4.79 Å². The molecule has 128 valence electrons. The average Bonchev–Trinajstić information content (AvgIpc) is 2.77. The molecule has 5 heteroatoms. The van der Waals surface area contributed by atoms with Crippen molar-refractivity contribution in [2.24, 2.45) is 5.92 Å². The van der Waals surface area contributed by atoms with Crippen molar-refractivity contribution in [3.63, 3.8) is 0 Å². The summed E-state index contributed by atoms with van der Waals surface area (Å²) in [6.07, 6.45) is 5.12. The molecule has 1 aromatic carbocycles. The Balaban J connectivity index is 1.89. The standard InChI is InChI=1S/C19H26N4O/c1-13(2)11-18(24)20-16-12-15(9-8-14(16)3)19-22-21-17-7-5-4-6-10-23(17)19/h8-9,12-13H,4-7,10-11H2,1-3H3,(H,20,24). The fourth-order valence-electron chi connectivity index (χ4n) is 3.17. The number of nitrogens with one attached hydrogen (secondary N) is 1. The van der Waals surface area contributed by atoms with E-state index in [1.807, 2.05) is 32.9 Å². The number of anilines is 1. The number of fused-ring (bicyclic) bond motifs is 1. The van der Waals surface area contributed by atoms with Crippen LogP contribution in [0.2, 0.25) is 0 Å². The van der Waals surface area contributed by atoms with Crippen molar-refractivity contribution in [2.75, 3.05) is 5.32 Å². The molecular formula is C19H26N4O. The minimum Gasteiger partial charge on any atom is -0.326 e. The van der Waals surface area contributed by atoms with Gasteiger partial charge in [-0.05, 0) is 37.3 Å². The predicted molar refractivity (Wildman–Crippen MR) is 95.8 cm³/mol. The van der Waals surface area contributed by atoms with Gasteiger partial charge in [0.05, 0.1) is 0 Å². The number of aryl methyl sites for hydroxylation is 2. The number of hydrogen-bond donors (Lipinski definition) is 1. The van der Waals surface area contributed by atoms with Gasteiger partial charge in [0.15, 0.2) is 5.82 Å². The van der Waals surface area contributed by atoms with E-state index in [1.165, 1.54) is 19.3 Å². The summed E-state index contributed by atoms with van der Waals surface area (Å²) in [5, 5.41) is 11.8. The second-order valence-electron chi connectivity index (χ2n) is 7.08. The van der Waals surface area contributed by atoms with Crippen molar-refractivity contribution in [2.45, 2.75) is 59.4 Å². The summed E-state index contributed by atoms with van der Waals surface area (Å²) in [6.45, 7) is 7.09. The minimum absolute atomic E-state index is 0.0605. The van der Waals surface area contributed by atoms with Crippen LogP contribution in [0.3, 0.4) is 0 Å². The number of hydrogen-bond acceptors (Lipinski definition) is 3. The van der Waals surface area contributed by atoms with Crippen LogP contribution < -0.4 is 5.32 Å². The maximum absolute atomic E-state index is 12.1. The molecule has 1 amide bonds. The van der Waals surface area contributed by atoms with Gasteiger partial charge >= 0.3 is 0 Å². The van der Waals surface area contributed by atoms with Gasteiger partial charge in [-0.2, -0.15) is 0 Å². The minimum atomic E-state index is 0.0605. The van der Waals surface area contributed by atoms with Crippen LogP contribution >= 0.6 is 0 Å². The van der Waals surface area contributed by atoms with E-state index in [4.69, 9.17) is 0 Å². The van der Waals surface area contributed by atoms with Crippen LogP contribution in [0.15, 0.2) is 18.2 Å². The summed E-state index contributed by atoms with van der Waals surface area (Å²) in [6, 6.07) is 6.13. The number of carbonyl (C=O) groups excluding carboxylic acids is 1. The zero-order valence-electron chi connectivity index (χ0n) is 14.8. The molecule has 5 nitrogen and oxygen atoms in total. The molecule has 0 bridgehead atoms. The Morgan fingerprint density at radius 2 is 2.08 bits per heavy atom. The summed E-state index contributed by atoms with van der Waals surface area (Å²) >= 11 is 0. The van der Waals surface area contributed by atoms with E-state index >= 15 is 0 Å². The predicted octanol–water partition coefficient (Wildman–Crippen LogP) is 3.96. The smallest absolute Gasteiger partial charge is 0.224 e. The normalized spacial score (nSPS) is 14.3. The Morgan fingerprint density at radius 3 is 2.88 bits per heavy atom. The third-order valence-corrected chi connectivity index (χ3v) is 4.47. The fraction of sp³-hybridized carbons (Fsp3) is 0.526. The Morgan fingerprint density at radius 1 is 1.25 bits per heavy atom. The van der Waals surface area contributed by atoms with Crippen molar-refractivity contribution in [3.05, 3.63) is 29.6 Å². The number of amides is 1. The van der Waals surface area contributed by atoms with Crippen molar-refractivity contribution < 1.29 is 4.79 Å². The summed E-state index contributed by atoms with van der Waals surface area (Å²) in [4.78, 5) is 12.1. The van der Waals surface area contributed by atoms with Crippen molar-refractivity contribution in [1.82, 2.24) is 14.8 Å². The highest BCUT2D eigenvalue weighted by atomic mass is 16.1. The SMILES string of the molecule is Cc1ccc(-c2nnc3n2CCCCC3)cc1NC(=O)CC(C)C. The molecule has 3 rings (SSSR count). The molecule has 0 atom stereocenters. The lowest BCUT2D eigenvalue weighted by Gasteiger charge is -2.12. The average molecular weight is 326 g/mol. The van der Waals surface area contributed by atoms with E-state index in [-0.39, 0.29) is 5.91 Å². The molecule has 1 aliphatic heterocycles. The van der Waals surface area contributed by atoms with Gasteiger partial charge in [-0.25, -0.2) is 0 Å². The van der Waals surface area contributed by atoms with Crippen LogP contribution in [0.4, 0.5) is 5.69 Å². The van der Waals surface area contributed by atoms with Crippen LogP contribution in [0.25, 0.3) is 11.4 Å². The van der Waals surface area contributed by atoms with Crippen molar-refractivity contribution in [3.8, 4) is 11.4 Å². The van der Waals surface area contributed by atoms with Gasteiger partial charge in [-0.15, -0.1) is 10.2 Å². The Kier molecular flexibility index (Phi) is 4.97. The first-order chi connectivity index (χ1) is 11.5. The number of carbonyl (C=O) groups is 1. The van der Waals surface area contributed by atoms with Crippen LogP contribution in [0.1, 0.15) is 50.9 Å². The van der Waals surface area contributed by atoms with Gasteiger partial charge in [0.2, 0.25) is 5.91 Å². The highest BCUT2D eigenvalue weighted by Crippen LogP contribution is 2.27. The first-order valence-electron chi connectivity index (χ1n) is 8.87. The maximum atomic E-state index is 12.1. The Labute approximate surface area is 143 Å². The molecule has 0 aliphatic carbocycles. The first kappa shape index (κ1) is 16.7. The van der Waals surface area contributed by atoms with E-state index in [0.717, 1.165) is 41.4 Å². The second kappa shape index (κ2) is 7.16. The lowest BCUT2D eigenvalue weighted by atomic mass is 10.1. The molecule has 2 heterocycles. The molecule has 0 unspecified atom stereocenters. The highest BCUT2D eigenvalue weighted by molar-refractivity contribution is 5.92. The third kappa shape index (κ3) is 3.66. The summed E-state index contributed by atoms with van der Waals surface area (Å²) in [7, 11) is 0. The number of nitrogens with zero attached hydrogens (tertiary/aromatic N) is 3. The molecule has 0 fully saturated rings. The van der Waals surface area contributed by atoms with Crippen molar-refractivity contribution in [1.29, 1.82) is 0 Å². The number of benzene rings is 1. The molecule has 24 heavy (non-hydrogen) atoms. The lowest BCUT2D eigenvalue weighted by molar-refractivity contribution is -0.116. The largest absolute Gasteiger partial charge is 0.326 e. The molecule has 1 aliphatic rings. The monoisotopic (exact) mass is 326 g/mol. The molecular weight excluding hydrogens is 300 g/mol. The maximum Gasteiger partial charge on any atom is 0.224 e. The van der Waals surface area contributed by atoms with Gasteiger partial charge in [0.25, 0.3) is 0 Å². The highest BCUT2D eigenvalue weighted by Gasteiger charge is 2.17. The summed E-state index contributed by atoms with van der Waals surface area (Å²) in [5.74, 6) is 2.39. The number of rotatable bonds is 4. The molecule has 1 N–H and O–H groups in total. The second-order valence-corrected chi connectivity index (χ2v) is 7.08. The van der Waals surface area contributed by atoms with Crippen LogP contribution in [0.5, 0.6) is 0 Å².